The minimum absolute atomic E-state index is 0.288. The topological polar surface area (TPSA) is 51.0 Å². The van der Waals surface area contributed by atoms with E-state index in [-0.39, 0.29) is 5.02 Å². The summed E-state index contributed by atoms with van der Waals surface area (Å²) in [4.78, 5) is 0. The van der Waals surface area contributed by atoms with E-state index < -0.39 is 11.9 Å². The predicted octanol–water partition coefficient (Wildman–Crippen LogP) is 6.29. The molecule has 0 saturated heterocycles. The SMILES string of the molecule is CCc1ccccc1N[C@H](c1nnc(-c2ccccc2)o1)c1ccc(F)cc1Cl. The van der Waals surface area contributed by atoms with E-state index in [9.17, 15) is 4.39 Å². The van der Waals surface area contributed by atoms with Gasteiger partial charge in [-0.1, -0.05) is 61.0 Å². The van der Waals surface area contributed by atoms with Gasteiger partial charge in [0.25, 0.3) is 0 Å². The van der Waals surface area contributed by atoms with Crippen LogP contribution in [0.15, 0.2) is 77.2 Å². The maximum atomic E-state index is 13.6. The summed E-state index contributed by atoms with van der Waals surface area (Å²) in [5.74, 6) is 0.361. The van der Waals surface area contributed by atoms with Crippen molar-refractivity contribution in [3.8, 4) is 11.5 Å². The fourth-order valence-corrected chi connectivity index (χ4v) is 3.46. The van der Waals surface area contributed by atoms with Gasteiger partial charge in [0, 0.05) is 21.8 Å². The average molecular weight is 408 g/mol. The molecule has 3 aromatic carbocycles. The van der Waals surface area contributed by atoms with Crippen molar-refractivity contribution in [2.75, 3.05) is 5.32 Å². The van der Waals surface area contributed by atoms with Gasteiger partial charge in [-0.25, -0.2) is 4.39 Å². The van der Waals surface area contributed by atoms with Gasteiger partial charge in [0.15, 0.2) is 0 Å². The fraction of sp³-hybridized carbons (Fsp3) is 0.130. The predicted molar refractivity (Wildman–Crippen MR) is 112 cm³/mol. The number of nitrogens with zero attached hydrogens (tertiary/aromatic N) is 2. The van der Waals surface area contributed by atoms with E-state index >= 15 is 0 Å². The molecule has 4 aromatic rings. The number of nitrogens with one attached hydrogen (secondary N) is 1. The number of hydrogen-bond acceptors (Lipinski definition) is 4. The molecule has 0 aliphatic heterocycles. The van der Waals surface area contributed by atoms with E-state index in [0.29, 0.717) is 17.3 Å². The van der Waals surface area contributed by atoms with Crippen LogP contribution >= 0.6 is 11.6 Å². The molecule has 0 bridgehead atoms. The third-order valence-electron chi connectivity index (χ3n) is 4.68. The van der Waals surface area contributed by atoms with E-state index in [2.05, 4.69) is 28.5 Å². The zero-order valence-corrected chi connectivity index (χ0v) is 16.5. The standard InChI is InChI=1S/C23H19ClFN3O/c1-2-15-8-6-7-11-20(15)26-21(18-13-12-17(25)14-19(18)24)23-28-27-22(29-23)16-9-4-3-5-10-16/h3-14,21,26H,2H2,1H3/t21-/m0/s1. The normalized spacial score (nSPS) is 12.0. The molecule has 6 heteroatoms. The first-order chi connectivity index (χ1) is 14.2. The van der Waals surface area contributed by atoms with E-state index in [4.69, 9.17) is 16.0 Å². The molecule has 0 spiro atoms. The summed E-state index contributed by atoms with van der Waals surface area (Å²) in [6.07, 6.45) is 0.853. The van der Waals surface area contributed by atoms with Gasteiger partial charge < -0.3 is 9.73 Å². The zero-order chi connectivity index (χ0) is 20.2. The lowest BCUT2D eigenvalue weighted by atomic mass is 10.0. The Morgan fingerprint density at radius 3 is 2.52 bits per heavy atom. The van der Waals surface area contributed by atoms with E-state index in [0.717, 1.165) is 23.2 Å². The molecule has 1 aromatic heterocycles. The van der Waals surface area contributed by atoms with Gasteiger partial charge in [0.05, 0.1) is 0 Å². The molecule has 1 atom stereocenters. The van der Waals surface area contributed by atoms with Crippen LogP contribution in [0.3, 0.4) is 0 Å². The second kappa shape index (κ2) is 8.45. The Morgan fingerprint density at radius 1 is 1.00 bits per heavy atom. The maximum Gasteiger partial charge on any atom is 0.247 e. The molecule has 4 nitrogen and oxygen atoms in total. The number of aryl methyl sites for hydroxylation is 1. The Hall–Kier alpha value is -3.18. The van der Waals surface area contributed by atoms with Crippen molar-refractivity contribution in [1.82, 2.24) is 10.2 Å². The monoisotopic (exact) mass is 407 g/mol. The van der Waals surface area contributed by atoms with Crippen LogP contribution in [0.1, 0.15) is 30.0 Å². The highest BCUT2D eigenvalue weighted by molar-refractivity contribution is 6.31. The van der Waals surface area contributed by atoms with Crippen molar-refractivity contribution in [2.24, 2.45) is 0 Å². The Morgan fingerprint density at radius 2 is 1.76 bits per heavy atom. The smallest absolute Gasteiger partial charge is 0.247 e. The molecular formula is C23H19ClFN3O. The molecule has 1 heterocycles. The first-order valence-corrected chi connectivity index (χ1v) is 9.71. The van der Waals surface area contributed by atoms with E-state index in [1.54, 1.807) is 6.07 Å². The van der Waals surface area contributed by atoms with Crippen molar-refractivity contribution in [3.05, 3.63) is 101 Å². The molecule has 0 saturated carbocycles. The maximum absolute atomic E-state index is 13.6. The summed E-state index contributed by atoms with van der Waals surface area (Å²) in [6, 6.07) is 21.3. The lowest BCUT2D eigenvalue weighted by Gasteiger charge is -2.20. The van der Waals surface area contributed by atoms with Gasteiger partial charge in [0.2, 0.25) is 11.8 Å². The second-order valence-electron chi connectivity index (χ2n) is 6.57. The highest BCUT2D eigenvalue weighted by Gasteiger charge is 2.24. The summed E-state index contributed by atoms with van der Waals surface area (Å²) >= 11 is 6.37. The van der Waals surface area contributed by atoms with Gasteiger partial charge >= 0.3 is 0 Å². The van der Waals surface area contributed by atoms with Gasteiger partial charge in [-0.3, -0.25) is 0 Å². The molecule has 4 rings (SSSR count). The highest BCUT2D eigenvalue weighted by Crippen LogP contribution is 2.33. The molecule has 146 valence electrons. The van der Waals surface area contributed by atoms with Gasteiger partial charge in [-0.15, -0.1) is 10.2 Å². The molecule has 0 unspecified atom stereocenters. The first kappa shape index (κ1) is 19.2. The van der Waals surface area contributed by atoms with Crippen molar-refractivity contribution in [3.63, 3.8) is 0 Å². The molecule has 1 N–H and O–H groups in total. The summed E-state index contributed by atoms with van der Waals surface area (Å²) in [5, 5.41) is 12.2. The lowest BCUT2D eigenvalue weighted by molar-refractivity contribution is 0.493. The van der Waals surface area contributed by atoms with Crippen LogP contribution in [0.4, 0.5) is 10.1 Å². The molecular weight excluding hydrogens is 389 g/mol. The zero-order valence-electron chi connectivity index (χ0n) is 15.8. The third-order valence-corrected chi connectivity index (χ3v) is 5.01. The minimum atomic E-state index is -0.527. The molecule has 0 radical (unpaired) electrons. The van der Waals surface area contributed by atoms with Crippen LogP contribution in [-0.2, 0) is 6.42 Å². The second-order valence-corrected chi connectivity index (χ2v) is 6.97. The Kier molecular flexibility index (Phi) is 5.58. The largest absolute Gasteiger partial charge is 0.418 e. The van der Waals surface area contributed by atoms with Crippen molar-refractivity contribution < 1.29 is 8.81 Å². The van der Waals surface area contributed by atoms with Crippen LogP contribution in [0.25, 0.3) is 11.5 Å². The summed E-state index contributed by atoms with van der Waals surface area (Å²) < 4.78 is 19.6. The van der Waals surface area contributed by atoms with Crippen molar-refractivity contribution in [2.45, 2.75) is 19.4 Å². The van der Waals surface area contributed by atoms with Crippen LogP contribution < -0.4 is 5.32 Å². The average Bonchev–Trinajstić information content (AvgIpc) is 3.23. The van der Waals surface area contributed by atoms with Crippen molar-refractivity contribution >= 4 is 17.3 Å². The third kappa shape index (κ3) is 4.15. The number of hydrogen-bond donors (Lipinski definition) is 1. The van der Waals surface area contributed by atoms with Crippen LogP contribution in [0, 0.1) is 5.82 Å². The Bertz CT molecular complexity index is 1110. The number of para-hydroxylation sites is 1. The van der Waals surface area contributed by atoms with E-state index in [1.165, 1.54) is 12.1 Å². The minimum Gasteiger partial charge on any atom is -0.418 e. The number of aromatic nitrogens is 2. The molecule has 0 aliphatic carbocycles. The van der Waals surface area contributed by atoms with Crippen LogP contribution in [-0.4, -0.2) is 10.2 Å². The molecule has 0 fully saturated rings. The van der Waals surface area contributed by atoms with Crippen molar-refractivity contribution in [1.29, 1.82) is 0 Å². The lowest BCUT2D eigenvalue weighted by Crippen LogP contribution is -2.14. The van der Waals surface area contributed by atoms with Gasteiger partial charge in [-0.05, 0) is 42.3 Å². The Balaban J connectivity index is 1.77. The summed E-state index contributed by atoms with van der Waals surface area (Å²) in [6.45, 7) is 2.08. The first-order valence-electron chi connectivity index (χ1n) is 9.34. The van der Waals surface area contributed by atoms with Crippen LogP contribution in [0.2, 0.25) is 5.02 Å². The number of benzene rings is 3. The highest BCUT2D eigenvalue weighted by atomic mass is 35.5. The molecule has 0 aliphatic rings. The summed E-state index contributed by atoms with van der Waals surface area (Å²) in [5.41, 5.74) is 3.55. The van der Waals surface area contributed by atoms with E-state index in [1.807, 2.05) is 48.5 Å². The Labute approximate surface area is 173 Å². The van der Waals surface area contributed by atoms with Gasteiger partial charge in [-0.2, -0.15) is 0 Å². The summed E-state index contributed by atoms with van der Waals surface area (Å²) in [7, 11) is 0. The quantitative estimate of drug-likeness (QED) is 0.408. The fourth-order valence-electron chi connectivity index (χ4n) is 3.18. The number of rotatable bonds is 6. The number of halogens is 2. The molecule has 0 amide bonds. The van der Waals surface area contributed by atoms with Crippen LogP contribution in [0.5, 0.6) is 0 Å². The van der Waals surface area contributed by atoms with Gasteiger partial charge in [0.1, 0.15) is 11.9 Å². The molecule has 29 heavy (non-hydrogen) atoms. The number of anilines is 1.